The molecule has 1 aromatic heterocycles. The molecular weight excluding hydrogens is 374 g/mol. The number of hydrogen-bond donors (Lipinski definition) is 2. The number of carbonyl (C=O) groups is 1. The number of nitrogens with one attached hydrogen (secondary N) is 1. The van der Waals surface area contributed by atoms with Crippen molar-refractivity contribution in [2.45, 2.75) is 0 Å². The highest BCUT2D eigenvalue weighted by Gasteiger charge is 2.15. The van der Waals surface area contributed by atoms with Crippen LogP contribution < -0.4 is 5.32 Å². The number of aromatic nitrogens is 1. The van der Waals surface area contributed by atoms with Crippen molar-refractivity contribution in [3.8, 4) is 0 Å². The molecule has 0 fully saturated rings. The highest BCUT2D eigenvalue weighted by Crippen LogP contribution is 2.34. The van der Waals surface area contributed by atoms with Crippen LogP contribution in [0.1, 0.15) is 10.4 Å². The van der Waals surface area contributed by atoms with Crippen LogP contribution in [0.4, 0.5) is 15.9 Å². The second kappa shape index (κ2) is 5.95. The number of nitrogens with zero attached hydrogens (tertiary/aromatic N) is 1. The molecule has 0 saturated carbocycles. The summed E-state index contributed by atoms with van der Waals surface area (Å²) in [5.74, 6) is -1.71. The summed E-state index contributed by atoms with van der Waals surface area (Å²) in [6, 6.07) is 3.51. The smallest absolute Gasteiger partial charge is 0.339 e. The number of hydrogen-bond acceptors (Lipinski definition) is 3. The predicted molar refractivity (Wildman–Crippen MR) is 78.6 cm³/mol. The Hall–Kier alpha value is -1.37. The summed E-state index contributed by atoms with van der Waals surface area (Å²) in [4.78, 5) is 15.1. The van der Waals surface area contributed by atoms with E-state index >= 15 is 0 Å². The lowest BCUT2D eigenvalue weighted by molar-refractivity contribution is 0.0697. The van der Waals surface area contributed by atoms with E-state index in [1.54, 1.807) is 0 Å². The fourth-order valence-electron chi connectivity index (χ4n) is 1.48. The first-order valence-electron chi connectivity index (χ1n) is 5.19. The van der Waals surface area contributed by atoms with Crippen LogP contribution in [0.2, 0.25) is 10.0 Å². The normalized spacial score (nSPS) is 10.4. The van der Waals surface area contributed by atoms with E-state index in [2.05, 4.69) is 26.2 Å². The summed E-state index contributed by atoms with van der Waals surface area (Å²) < 4.78 is 13.6. The molecule has 0 spiro atoms. The van der Waals surface area contributed by atoms with E-state index in [0.29, 0.717) is 4.47 Å². The second-order valence-corrected chi connectivity index (χ2v) is 5.45. The van der Waals surface area contributed by atoms with Gasteiger partial charge in [-0.3, -0.25) is 0 Å². The van der Waals surface area contributed by atoms with Crippen molar-refractivity contribution in [3.05, 3.63) is 50.3 Å². The van der Waals surface area contributed by atoms with Gasteiger partial charge in [-0.15, -0.1) is 0 Å². The summed E-state index contributed by atoms with van der Waals surface area (Å²) in [6.45, 7) is 0. The first-order valence-corrected chi connectivity index (χ1v) is 6.74. The largest absolute Gasteiger partial charge is 0.478 e. The highest BCUT2D eigenvalue weighted by molar-refractivity contribution is 9.10. The van der Waals surface area contributed by atoms with Gasteiger partial charge in [-0.05, 0) is 34.1 Å². The number of carboxylic acids is 1. The fraction of sp³-hybridized carbons (Fsp3) is 0. The van der Waals surface area contributed by atoms with Crippen LogP contribution in [0.15, 0.2) is 28.9 Å². The SMILES string of the molecule is O=C(O)c1cc(Br)cnc1Nc1c(Cl)cc(F)cc1Cl. The van der Waals surface area contributed by atoms with Crippen molar-refractivity contribution in [2.24, 2.45) is 0 Å². The van der Waals surface area contributed by atoms with Crippen molar-refractivity contribution in [1.82, 2.24) is 4.98 Å². The minimum Gasteiger partial charge on any atom is -0.478 e. The maximum Gasteiger partial charge on any atom is 0.339 e. The van der Waals surface area contributed by atoms with Gasteiger partial charge in [-0.2, -0.15) is 0 Å². The molecule has 0 unspecified atom stereocenters. The lowest BCUT2D eigenvalue weighted by Gasteiger charge is -2.12. The maximum absolute atomic E-state index is 13.1. The first-order chi connectivity index (χ1) is 9.38. The van der Waals surface area contributed by atoms with Crippen LogP contribution in [-0.4, -0.2) is 16.1 Å². The standard InChI is InChI=1S/C12H6BrCl2FN2O2/c13-5-1-7(12(19)20)11(17-4-5)18-10-8(14)2-6(16)3-9(10)15/h1-4H,(H,17,18)(H,19,20). The van der Waals surface area contributed by atoms with Gasteiger partial charge in [0.2, 0.25) is 0 Å². The lowest BCUT2D eigenvalue weighted by Crippen LogP contribution is -2.05. The molecule has 1 heterocycles. The minimum absolute atomic E-state index is 0.0241. The minimum atomic E-state index is -1.17. The van der Waals surface area contributed by atoms with E-state index in [4.69, 9.17) is 28.3 Å². The predicted octanol–water partition coefficient (Wildman–Crippen LogP) is 4.73. The van der Waals surface area contributed by atoms with E-state index in [-0.39, 0.29) is 27.1 Å². The number of halogens is 4. The maximum atomic E-state index is 13.1. The van der Waals surface area contributed by atoms with Crippen LogP contribution in [0.3, 0.4) is 0 Å². The van der Waals surface area contributed by atoms with Crippen molar-refractivity contribution >= 4 is 56.6 Å². The Morgan fingerprint density at radius 3 is 2.45 bits per heavy atom. The molecule has 0 amide bonds. The molecule has 104 valence electrons. The van der Waals surface area contributed by atoms with Crippen molar-refractivity contribution in [2.75, 3.05) is 5.32 Å². The Balaban J connectivity index is 2.48. The summed E-state index contributed by atoms with van der Waals surface area (Å²) in [5.41, 5.74) is 0.114. The molecule has 0 bridgehead atoms. The topological polar surface area (TPSA) is 62.2 Å². The van der Waals surface area contributed by atoms with E-state index in [9.17, 15) is 9.18 Å². The molecule has 20 heavy (non-hydrogen) atoms. The van der Waals surface area contributed by atoms with E-state index in [0.717, 1.165) is 12.1 Å². The molecule has 1 aromatic carbocycles. The quantitative estimate of drug-likeness (QED) is 0.809. The number of rotatable bonds is 3. The van der Waals surface area contributed by atoms with E-state index < -0.39 is 11.8 Å². The molecule has 8 heteroatoms. The summed E-state index contributed by atoms with van der Waals surface area (Å²) in [6.07, 6.45) is 1.42. The van der Waals surface area contributed by atoms with Crippen molar-refractivity contribution < 1.29 is 14.3 Å². The molecule has 0 saturated heterocycles. The number of benzene rings is 1. The third-order valence-electron chi connectivity index (χ3n) is 2.34. The Morgan fingerprint density at radius 2 is 1.90 bits per heavy atom. The molecule has 4 nitrogen and oxygen atoms in total. The van der Waals surface area contributed by atoms with Gasteiger partial charge in [0, 0.05) is 10.7 Å². The van der Waals surface area contributed by atoms with Gasteiger partial charge in [0.15, 0.2) is 0 Å². The van der Waals surface area contributed by atoms with Gasteiger partial charge in [0.05, 0.1) is 15.7 Å². The monoisotopic (exact) mass is 378 g/mol. The van der Waals surface area contributed by atoms with Crippen LogP contribution in [0.5, 0.6) is 0 Å². The molecule has 2 N–H and O–H groups in total. The number of aromatic carboxylic acids is 1. The average Bonchev–Trinajstić information content (AvgIpc) is 2.34. The zero-order valence-corrected chi connectivity index (χ0v) is 12.7. The highest BCUT2D eigenvalue weighted by atomic mass is 79.9. The van der Waals surface area contributed by atoms with Crippen LogP contribution in [0, 0.1) is 5.82 Å². The Bertz CT molecular complexity index is 674. The second-order valence-electron chi connectivity index (χ2n) is 3.72. The summed E-state index contributed by atoms with van der Waals surface area (Å²) in [7, 11) is 0. The molecular formula is C12H6BrCl2FN2O2. The number of carboxylic acid groups (broad SMARTS) is 1. The van der Waals surface area contributed by atoms with Crippen LogP contribution >= 0.6 is 39.1 Å². The fourth-order valence-corrected chi connectivity index (χ4v) is 2.37. The zero-order valence-electron chi connectivity index (χ0n) is 9.62. The van der Waals surface area contributed by atoms with Gasteiger partial charge in [-0.1, -0.05) is 23.2 Å². The van der Waals surface area contributed by atoms with Gasteiger partial charge < -0.3 is 10.4 Å². The molecule has 0 aliphatic heterocycles. The van der Waals surface area contributed by atoms with Crippen LogP contribution in [-0.2, 0) is 0 Å². The molecule has 0 aliphatic rings. The zero-order chi connectivity index (χ0) is 14.9. The molecule has 2 aromatic rings. The summed E-state index contributed by atoms with van der Waals surface area (Å²) in [5, 5.41) is 11.9. The van der Waals surface area contributed by atoms with Crippen molar-refractivity contribution in [1.29, 1.82) is 0 Å². The Morgan fingerprint density at radius 1 is 1.30 bits per heavy atom. The van der Waals surface area contributed by atoms with Gasteiger partial charge in [-0.25, -0.2) is 14.2 Å². The number of pyridine rings is 1. The Kier molecular flexibility index (Phi) is 4.47. The number of anilines is 2. The van der Waals surface area contributed by atoms with Gasteiger partial charge in [0.25, 0.3) is 0 Å². The lowest BCUT2D eigenvalue weighted by atomic mass is 10.2. The molecule has 2 rings (SSSR count). The Labute approximate surface area is 131 Å². The van der Waals surface area contributed by atoms with Crippen molar-refractivity contribution in [3.63, 3.8) is 0 Å². The van der Waals surface area contributed by atoms with E-state index in [1.807, 2.05) is 0 Å². The first kappa shape index (κ1) is 15.0. The molecule has 0 radical (unpaired) electrons. The van der Waals surface area contributed by atoms with Gasteiger partial charge >= 0.3 is 5.97 Å². The molecule has 0 aliphatic carbocycles. The third kappa shape index (κ3) is 3.20. The summed E-state index contributed by atoms with van der Waals surface area (Å²) >= 11 is 14.9. The molecule has 0 atom stereocenters. The van der Waals surface area contributed by atoms with Crippen LogP contribution in [0.25, 0.3) is 0 Å². The third-order valence-corrected chi connectivity index (χ3v) is 3.36. The van der Waals surface area contributed by atoms with Gasteiger partial charge in [0.1, 0.15) is 17.2 Å². The van der Waals surface area contributed by atoms with E-state index in [1.165, 1.54) is 12.3 Å². The average molecular weight is 380 g/mol.